The van der Waals surface area contributed by atoms with Gasteiger partial charge in [0.1, 0.15) is 11.9 Å². The van der Waals surface area contributed by atoms with E-state index in [4.69, 9.17) is 4.74 Å². The fourth-order valence-electron chi connectivity index (χ4n) is 5.08. The van der Waals surface area contributed by atoms with Crippen molar-refractivity contribution in [1.29, 1.82) is 0 Å². The quantitative estimate of drug-likeness (QED) is 0.736. The third-order valence-electron chi connectivity index (χ3n) is 6.03. The van der Waals surface area contributed by atoms with Crippen LogP contribution >= 0.6 is 0 Å². The first-order chi connectivity index (χ1) is 8.80. The second-order valence-electron chi connectivity index (χ2n) is 7.58. The summed E-state index contributed by atoms with van der Waals surface area (Å²) in [5.41, 5.74) is -0.390. The third kappa shape index (κ3) is 2.11. The van der Waals surface area contributed by atoms with Gasteiger partial charge in [-0.05, 0) is 49.4 Å². The van der Waals surface area contributed by atoms with Crippen LogP contribution in [0.15, 0.2) is 0 Å². The summed E-state index contributed by atoms with van der Waals surface area (Å²) in [6.07, 6.45) is 6.31. The van der Waals surface area contributed by atoms with Crippen LogP contribution in [0.5, 0.6) is 0 Å². The van der Waals surface area contributed by atoms with Crippen molar-refractivity contribution >= 4 is 12.8 Å². The van der Waals surface area contributed by atoms with Crippen LogP contribution in [0.4, 0.5) is 0 Å². The molecule has 0 aliphatic heterocycles. The van der Waals surface area contributed by atoms with Crippen LogP contribution in [0, 0.1) is 22.7 Å². The van der Waals surface area contributed by atoms with Gasteiger partial charge in [0.2, 0.25) is 0 Å². The SMILES string of the molecule is CC1(C)CCC[C@]2(C)[C@@H](C=O)[C@](C)(OC=O)CC[C@@H]12. The van der Waals surface area contributed by atoms with Gasteiger partial charge in [-0.2, -0.15) is 0 Å². The number of carbonyl (C=O) groups is 2. The summed E-state index contributed by atoms with van der Waals surface area (Å²) in [6.45, 7) is 9.29. The third-order valence-corrected chi connectivity index (χ3v) is 6.03. The van der Waals surface area contributed by atoms with Crippen LogP contribution in [0.25, 0.3) is 0 Å². The number of carbonyl (C=O) groups excluding carboxylic acids is 2. The maximum absolute atomic E-state index is 11.7. The molecule has 3 heteroatoms. The summed E-state index contributed by atoms with van der Waals surface area (Å²) in [5, 5.41) is 0. The van der Waals surface area contributed by atoms with Crippen molar-refractivity contribution in [2.45, 2.75) is 65.4 Å². The predicted octanol–water partition coefficient (Wildman–Crippen LogP) is 3.36. The van der Waals surface area contributed by atoms with Gasteiger partial charge in [0, 0.05) is 0 Å². The second-order valence-corrected chi connectivity index (χ2v) is 7.58. The van der Waals surface area contributed by atoms with Gasteiger partial charge in [-0.15, -0.1) is 0 Å². The molecule has 2 fully saturated rings. The molecule has 0 radical (unpaired) electrons. The van der Waals surface area contributed by atoms with E-state index in [1.807, 2.05) is 6.92 Å². The van der Waals surface area contributed by atoms with Crippen LogP contribution in [0.1, 0.15) is 59.8 Å². The molecule has 0 spiro atoms. The van der Waals surface area contributed by atoms with E-state index in [0.29, 0.717) is 12.4 Å². The molecule has 0 N–H and O–H groups in total. The lowest BCUT2D eigenvalue weighted by atomic mass is 9.46. The minimum absolute atomic E-state index is 0.0422. The van der Waals surface area contributed by atoms with Crippen molar-refractivity contribution in [2.24, 2.45) is 22.7 Å². The Kier molecular flexibility index (Phi) is 3.53. The van der Waals surface area contributed by atoms with E-state index in [1.165, 1.54) is 6.42 Å². The zero-order valence-electron chi connectivity index (χ0n) is 12.6. The lowest BCUT2D eigenvalue weighted by Gasteiger charge is -2.60. The van der Waals surface area contributed by atoms with Crippen LogP contribution in [-0.4, -0.2) is 18.4 Å². The zero-order chi connectivity index (χ0) is 14.3. The number of ether oxygens (including phenoxy) is 1. The van der Waals surface area contributed by atoms with Crippen molar-refractivity contribution in [1.82, 2.24) is 0 Å². The molecule has 3 nitrogen and oxygen atoms in total. The van der Waals surface area contributed by atoms with Gasteiger partial charge in [-0.25, -0.2) is 0 Å². The molecule has 0 aromatic carbocycles. The Hall–Kier alpha value is -0.860. The first kappa shape index (κ1) is 14.5. The molecular weight excluding hydrogens is 240 g/mol. The summed E-state index contributed by atoms with van der Waals surface area (Å²) >= 11 is 0. The summed E-state index contributed by atoms with van der Waals surface area (Å²) in [6, 6.07) is 0. The van der Waals surface area contributed by atoms with Crippen molar-refractivity contribution in [3.8, 4) is 0 Å². The number of fused-ring (bicyclic) bond motifs is 1. The molecule has 2 rings (SSSR count). The predicted molar refractivity (Wildman–Crippen MR) is 73.6 cm³/mol. The summed E-state index contributed by atoms with van der Waals surface area (Å²) in [7, 11) is 0. The smallest absolute Gasteiger partial charge is 0.293 e. The molecular formula is C16H26O3. The van der Waals surface area contributed by atoms with Gasteiger partial charge < -0.3 is 9.53 Å². The van der Waals surface area contributed by atoms with E-state index in [2.05, 4.69) is 20.8 Å². The number of aldehydes is 1. The first-order valence-corrected chi connectivity index (χ1v) is 7.37. The summed E-state index contributed by atoms with van der Waals surface area (Å²) in [5.74, 6) is 0.343. The Morgan fingerprint density at radius 2 is 1.74 bits per heavy atom. The van der Waals surface area contributed by atoms with Crippen molar-refractivity contribution in [2.75, 3.05) is 0 Å². The molecule has 2 saturated carbocycles. The minimum Gasteiger partial charge on any atom is -0.461 e. The number of hydrogen-bond donors (Lipinski definition) is 0. The molecule has 0 bridgehead atoms. The van der Waals surface area contributed by atoms with E-state index >= 15 is 0 Å². The first-order valence-electron chi connectivity index (χ1n) is 7.37. The van der Waals surface area contributed by atoms with Gasteiger partial charge in [0.25, 0.3) is 6.47 Å². The van der Waals surface area contributed by atoms with E-state index in [0.717, 1.165) is 32.0 Å². The average molecular weight is 266 g/mol. The van der Waals surface area contributed by atoms with Crippen molar-refractivity contribution in [3.63, 3.8) is 0 Å². The largest absolute Gasteiger partial charge is 0.461 e. The Labute approximate surface area is 116 Å². The van der Waals surface area contributed by atoms with Crippen molar-refractivity contribution < 1.29 is 14.3 Å². The topological polar surface area (TPSA) is 43.4 Å². The molecule has 2 aliphatic carbocycles. The number of rotatable bonds is 3. The zero-order valence-corrected chi connectivity index (χ0v) is 12.6. The molecule has 0 amide bonds. The van der Waals surface area contributed by atoms with Crippen molar-refractivity contribution in [3.05, 3.63) is 0 Å². The minimum atomic E-state index is -0.623. The van der Waals surface area contributed by atoms with E-state index in [9.17, 15) is 9.59 Å². The standard InChI is InChI=1S/C16H26O3/c1-14(2)7-5-8-15(3)12(14)6-9-16(4,19-11-18)13(15)10-17/h10-13H,5-9H2,1-4H3/t12-,13+,15-,16+/m0/s1. The highest BCUT2D eigenvalue weighted by atomic mass is 16.5. The van der Waals surface area contributed by atoms with E-state index in [-0.39, 0.29) is 16.7 Å². The van der Waals surface area contributed by atoms with Gasteiger partial charge in [0.15, 0.2) is 0 Å². The van der Waals surface area contributed by atoms with Crippen LogP contribution in [0.3, 0.4) is 0 Å². The number of hydrogen-bond acceptors (Lipinski definition) is 3. The molecule has 0 unspecified atom stereocenters. The molecule has 108 valence electrons. The highest BCUT2D eigenvalue weighted by Crippen LogP contribution is 2.61. The molecule has 0 heterocycles. The average Bonchev–Trinajstić information content (AvgIpc) is 2.27. The maximum Gasteiger partial charge on any atom is 0.293 e. The van der Waals surface area contributed by atoms with Crippen LogP contribution in [-0.2, 0) is 14.3 Å². The summed E-state index contributed by atoms with van der Waals surface area (Å²) in [4.78, 5) is 22.5. The fraction of sp³-hybridized carbons (Fsp3) is 0.875. The molecule has 19 heavy (non-hydrogen) atoms. The Bertz CT molecular complexity index is 376. The lowest BCUT2D eigenvalue weighted by Crippen LogP contribution is -2.58. The Morgan fingerprint density at radius 1 is 1.05 bits per heavy atom. The monoisotopic (exact) mass is 266 g/mol. The lowest BCUT2D eigenvalue weighted by molar-refractivity contribution is -0.186. The van der Waals surface area contributed by atoms with E-state index in [1.54, 1.807) is 0 Å². The van der Waals surface area contributed by atoms with Gasteiger partial charge in [0.05, 0.1) is 5.92 Å². The van der Waals surface area contributed by atoms with Crippen LogP contribution < -0.4 is 0 Å². The van der Waals surface area contributed by atoms with E-state index < -0.39 is 5.60 Å². The van der Waals surface area contributed by atoms with Gasteiger partial charge in [-0.3, -0.25) is 4.79 Å². The van der Waals surface area contributed by atoms with Gasteiger partial charge >= 0.3 is 0 Å². The highest BCUT2D eigenvalue weighted by Gasteiger charge is 2.59. The molecule has 0 saturated heterocycles. The molecule has 0 aromatic heterocycles. The highest BCUT2D eigenvalue weighted by molar-refractivity contribution is 5.59. The fourth-order valence-corrected chi connectivity index (χ4v) is 5.08. The second kappa shape index (κ2) is 4.60. The molecule has 0 aromatic rings. The molecule has 2 aliphatic rings. The van der Waals surface area contributed by atoms with Gasteiger partial charge in [-0.1, -0.05) is 27.2 Å². The maximum atomic E-state index is 11.7. The summed E-state index contributed by atoms with van der Waals surface area (Å²) < 4.78 is 5.34. The Morgan fingerprint density at radius 3 is 2.32 bits per heavy atom. The Balaban J connectivity index is 2.40. The van der Waals surface area contributed by atoms with Crippen LogP contribution in [0.2, 0.25) is 0 Å². The normalized spacial score (nSPS) is 45.1. The molecule has 4 atom stereocenters.